The number of hydrogen-bond donors (Lipinski definition) is 0. The minimum absolute atomic E-state index is 0.138. The van der Waals surface area contributed by atoms with Crippen LogP contribution in [0.1, 0.15) is 50.2 Å². The molecule has 0 saturated carbocycles. The molecule has 0 aliphatic carbocycles. The zero-order valence-corrected chi connectivity index (χ0v) is 18.2. The van der Waals surface area contributed by atoms with E-state index in [0.717, 1.165) is 84.8 Å². The SMILES string of the molecule is CC(C)c1ccc(CN2CCCC3(CCN(CCN4CCOCC4)C3)C2=O)cc1. The Morgan fingerprint density at radius 1 is 0.966 bits per heavy atom. The van der Waals surface area contributed by atoms with E-state index in [4.69, 9.17) is 4.74 Å². The Hall–Kier alpha value is -1.43. The minimum atomic E-state index is -0.138. The molecule has 3 fully saturated rings. The van der Waals surface area contributed by atoms with Gasteiger partial charge in [-0.05, 0) is 42.9 Å². The zero-order valence-electron chi connectivity index (χ0n) is 18.2. The Morgan fingerprint density at radius 2 is 1.69 bits per heavy atom. The standard InChI is InChI=1S/C24H37N3O2/c1-20(2)22-6-4-21(5-7-22)18-27-10-3-8-24(23(27)28)9-11-26(19-24)13-12-25-14-16-29-17-15-25/h4-7,20H,3,8-19H2,1-2H3. The van der Waals surface area contributed by atoms with Crippen LogP contribution in [0.15, 0.2) is 24.3 Å². The smallest absolute Gasteiger partial charge is 0.230 e. The molecule has 1 unspecified atom stereocenters. The van der Waals surface area contributed by atoms with Crippen LogP contribution in [0.2, 0.25) is 0 Å². The maximum absolute atomic E-state index is 13.5. The molecule has 3 aliphatic heterocycles. The van der Waals surface area contributed by atoms with Crippen LogP contribution in [0.25, 0.3) is 0 Å². The van der Waals surface area contributed by atoms with Crippen molar-refractivity contribution in [3.8, 4) is 0 Å². The van der Waals surface area contributed by atoms with E-state index in [9.17, 15) is 4.79 Å². The fourth-order valence-electron chi connectivity index (χ4n) is 5.17. The lowest BCUT2D eigenvalue weighted by molar-refractivity contribution is -0.146. The lowest BCUT2D eigenvalue weighted by Crippen LogP contribution is -2.50. The monoisotopic (exact) mass is 399 g/mol. The highest BCUT2D eigenvalue weighted by Crippen LogP contribution is 2.40. The van der Waals surface area contributed by atoms with Crippen molar-refractivity contribution in [2.75, 3.05) is 59.0 Å². The quantitative estimate of drug-likeness (QED) is 0.737. The van der Waals surface area contributed by atoms with Gasteiger partial charge in [0.1, 0.15) is 0 Å². The van der Waals surface area contributed by atoms with Crippen molar-refractivity contribution in [3.63, 3.8) is 0 Å². The van der Waals surface area contributed by atoms with Gasteiger partial charge in [-0.2, -0.15) is 0 Å². The number of ether oxygens (including phenoxy) is 1. The van der Waals surface area contributed by atoms with Crippen molar-refractivity contribution in [1.29, 1.82) is 0 Å². The molecule has 1 amide bonds. The summed E-state index contributed by atoms with van der Waals surface area (Å²) in [6, 6.07) is 8.83. The third-order valence-corrected chi connectivity index (χ3v) is 7.11. The Kier molecular flexibility index (Phi) is 6.57. The molecule has 1 aromatic rings. The zero-order chi connectivity index (χ0) is 20.3. The van der Waals surface area contributed by atoms with Gasteiger partial charge in [0.25, 0.3) is 0 Å². The second kappa shape index (κ2) is 9.15. The first-order valence-corrected chi connectivity index (χ1v) is 11.5. The van der Waals surface area contributed by atoms with Crippen LogP contribution in [-0.2, 0) is 16.1 Å². The molecule has 1 atom stereocenters. The van der Waals surface area contributed by atoms with Crippen LogP contribution in [0, 0.1) is 5.41 Å². The summed E-state index contributed by atoms with van der Waals surface area (Å²) in [7, 11) is 0. The molecule has 29 heavy (non-hydrogen) atoms. The van der Waals surface area contributed by atoms with Crippen LogP contribution in [0.5, 0.6) is 0 Å². The van der Waals surface area contributed by atoms with Crippen molar-refractivity contribution in [3.05, 3.63) is 35.4 Å². The van der Waals surface area contributed by atoms with Gasteiger partial charge in [0, 0.05) is 45.8 Å². The van der Waals surface area contributed by atoms with Crippen molar-refractivity contribution in [2.45, 2.75) is 45.6 Å². The van der Waals surface area contributed by atoms with Crippen LogP contribution in [0.4, 0.5) is 0 Å². The first-order chi connectivity index (χ1) is 14.1. The summed E-state index contributed by atoms with van der Waals surface area (Å²) in [6.45, 7) is 14.1. The van der Waals surface area contributed by atoms with Crippen LogP contribution >= 0.6 is 0 Å². The molecule has 4 rings (SSSR count). The second-order valence-electron chi connectivity index (χ2n) is 9.49. The van der Waals surface area contributed by atoms with Gasteiger partial charge in [-0.25, -0.2) is 0 Å². The average molecular weight is 400 g/mol. The van der Waals surface area contributed by atoms with E-state index in [-0.39, 0.29) is 5.41 Å². The molecule has 0 bridgehead atoms. The number of carbonyl (C=O) groups is 1. The fraction of sp³-hybridized carbons (Fsp3) is 0.708. The van der Waals surface area contributed by atoms with Crippen molar-refractivity contribution in [1.82, 2.24) is 14.7 Å². The predicted molar refractivity (Wildman–Crippen MR) is 116 cm³/mol. The van der Waals surface area contributed by atoms with Crippen LogP contribution in [0.3, 0.4) is 0 Å². The molecule has 1 spiro atoms. The molecule has 5 heteroatoms. The molecule has 0 N–H and O–H groups in total. The molecule has 3 aliphatic rings. The Labute approximate surface area is 176 Å². The Bertz CT molecular complexity index is 684. The topological polar surface area (TPSA) is 36.0 Å². The number of nitrogens with zero attached hydrogens (tertiary/aromatic N) is 3. The summed E-state index contributed by atoms with van der Waals surface area (Å²) in [5.74, 6) is 0.941. The highest BCUT2D eigenvalue weighted by Gasteiger charge is 2.48. The molecule has 5 nitrogen and oxygen atoms in total. The number of rotatable bonds is 6. The molecular formula is C24H37N3O2. The predicted octanol–water partition coefficient (Wildman–Crippen LogP) is 2.96. The Balaban J connectivity index is 1.33. The number of morpholine rings is 1. The van der Waals surface area contributed by atoms with Crippen LogP contribution in [-0.4, -0.2) is 79.6 Å². The normalized spacial score (nSPS) is 26.7. The molecule has 3 saturated heterocycles. The summed E-state index contributed by atoms with van der Waals surface area (Å²) >= 11 is 0. The first kappa shape index (κ1) is 20.8. The molecule has 160 valence electrons. The third-order valence-electron chi connectivity index (χ3n) is 7.11. The van der Waals surface area contributed by atoms with Crippen molar-refractivity contribution < 1.29 is 9.53 Å². The number of amides is 1. The molecule has 0 radical (unpaired) electrons. The maximum atomic E-state index is 13.5. The lowest BCUT2D eigenvalue weighted by Gasteiger charge is -2.39. The van der Waals surface area contributed by atoms with E-state index >= 15 is 0 Å². The first-order valence-electron chi connectivity index (χ1n) is 11.5. The van der Waals surface area contributed by atoms with E-state index in [1.165, 1.54) is 11.1 Å². The van der Waals surface area contributed by atoms with E-state index in [2.05, 4.69) is 52.8 Å². The van der Waals surface area contributed by atoms with Gasteiger partial charge >= 0.3 is 0 Å². The number of benzene rings is 1. The average Bonchev–Trinajstić information content (AvgIpc) is 3.15. The minimum Gasteiger partial charge on any atom is -0.379 e. The number of hydrogen-bond acceptors (Lipinski definition) is 4. The molecule has 3 heterocycles. The number of piperidine rings is 1. The summed E-state index contributed by atoms with van der Waals surface area (Å²) in [5.41, 5.74) is 2.48. The van der Waals surface area contributed by atoms with Gasteiger partial charge in [-0.1, -0.05) is 38.1 Å². The highest BCUT2D eigenvalue weighted by molar-refractivity contribution is 5.84. The Morgan fingerprint density at radius 3 is 2.41 bits per heavy atom. The van der Waals surface area contributed by atoms with E-state index in [1.54, 1.807) is 0 Å². The highest BCUT2D eigenvalue weighted by atomic mass is 16.5. The van der Waals surface area contributed by atoms with E-state index in [0.29, 0.717) is 11.8 Å². The van der Waals surface area contributed by atoms with Crippen molar-refractivity contribution in [2.24, 2.45) is 5.41 Å². The fourth-order valence-corrected chi connectivity index (χ4v) is 5.17. The van der Waals surface area contributed by atoms with Gasteiger partial charge in [0.2, 0.25) is 5.91 Å². The van der Waals surface area contributed by atoms with Gasteiger partial charge in [0.05, 0.1) is 18.6 Å². The van der Waals surface area contributed by atoms with Gasteiger partial charge in [0.15, 0.2) is 0 Å². The molecule has 1 aromatic carbocycles. The van der Waals surface area contributed by atoms with Gasteiger partial charge < -0.3 is 14.5 Å². The molecule has 0 aromatic heterocycles. The summed E-state index contributed by atoms with van der Waals surface area (Å²) < 4.78 is 5.45. The largest absolute Gasteiger partial charge is 0.379 e. The van der Waals surface area contributed by atoms with E-state index < -0.39 is 0 Å². The lowest BCUT2D eigenvalue weighted by atomic mass is 9.78. The van der Waals surface area contributed by atoms with Crippen molar-refractivity contribution >= 4 is 5.91 Å². The summed E-state index contributed by atoms with van der Waals surface area (Å²) in [6.07, 6.45) is 3.22. The summed E-state index contributed by atoms with van der Waals surface area (Å²) in [5, 5.41) is 0. The van der Waals surface area contributed by atoms with Crippen LogP contribution < -0.4 is 0 Å². The third kappa shape index (κ3) is 4.84. The number of likely N-dealkylation sites (tertiary alicyclic amines) is 2. The van der Waals surface area contributed by atoms with E-state index in [1.807, 2.05) is 0 Å². The van der Waals surface area contributed by atoms with Gasteiger partial charge in [-0.3, -0.25) is 9.69 Å². The van der Waals surface area contributed by atoms with Gasteiger partial charge in [-0.15, -0.1) is 0 Å². The summed E-state index contributed by atoms with van der Waals surface area (Å²) in [4.78, 5) is 20.6. The molecular weight excluding hydrogens is 362 g/mol. The number of carbonyl (C=O) groups excluding carboxylic acids is 1. The maximum Gasteiger partial charge on any atom is 0.230 e. The second-order valence-corrected chi connectivity index (χ2v) is 9.49.